The highest BCUT2D eigenvalue weighted by molar-refractivity contribution is 5.67. The number of benzene rings is 2. The van der Waals surface area contributed by atoms with Gasteiger partial charge in [-0.05, 0) is 75.4 Å². The van der Waals surface area contributed by atoms with E-state index in [0.29, 0.717) is 18.4 Å². The molecule has 5 heteroatoms. The molecular formula is C29H45FO4. The van der Waals surface area contributed by atoms with E-state index >= 15 is 0 Å². The van der Waals surface area contributed by atoms with Crippen molar-refractivity contribution in [1.29, 1.82) is 0 Å². The monoisotopic (exact) mass is 476 g/mol. The van der Waals surface area contributed by atoms with Crippen molar-refractivity contribution in [3.63, 3.8) is 0 Å². The number of aryl methyl sites for hydroxylation is 2. The molecule has 0 unspecified atom stereocenters. The maximum atomic E-state index is 14.1. The van der Waals surface area contributed by atoms with Crippen LogP contribution in [0.3, 0.4) is 0 Å². The third-order valence-corrected chi connectivity index (χ3v) is 5.32. The minimum Gasteiger partial charge on any atom is -0.488 e. The van der Waals surface area contributed by atoms with E-state index in [4.69, 9.17) is 14.6 Å². The third kappa shape index (κ3) is 8.34. The number of carboxylic acids is 1. The zero-order chi connectivity index (χ0) is 26.6. The molecule has 0 aromatic heterocycles. The van der Waals surface area contributed by atoms with Gasteiger partial charge in [0, 0.05) is 24.0 Å². The maximum Gasteiger partial charge on any atom is 0.303 e. The van der Waals surface area contributed by atoms with Crippen LogP contribution in [-0.2, 0) is 24.2 Å². The van der Waals surface area contributed by atoms with Crippen molar-refractivity contribution in [2.75, 3.05) is 0 Å². The van der Waals surface area contributed by atoms with E-state index in [-0.39, 0.29) is 24.4 Å². The largest absolute Gasteiger partial charge is 0.488 e. The van der Waals surface area contributed by atoms with Crippen LogP contribution in [0.4, 0.5) is 4.39 Å². The summed E-state index contributed by atoms with van der Waals surface area (Å²) in [5, 5.41) is 8.94. The van der Waals surface area contributed by atoms with Crippen molar-refractivity contribution in [2.45, 2.75) is 108 Å². The Morgan fingerprint density at radius 3 is 2.15 bits per heavy atom. The summed E-state index contributed by atoms with van der Waals surface area (Å²) in [6, 6.07) is 4.99. The van der Waals surface area contributed by atoms with Crippen molar-refractivity contribution >= 4 is 5.97 Å². The van der Waals surface area contributed by atoms with E-state index in [1.54, 1.807) is 0 Å². The molecule has 1 aliphatic rings. The Kier molecular flexibility index (Phi) is 13.5. The van der Waals surface area contributed by atoms with Crippen LogP contribution in [0.25, 0.3) is 0 Å². The second kappa shape index (κ2) is 14.6. The van der Waals surface area contributed by atoms with E-state index < -0.39 is 5.97 Å². The summed E-state index contributed by atoms with van der Waals surface area (Å²) in [5.41, 5.74) is 5.20. The van der Waals surface area contributed by atoms with Gasteiger partial charge in [0.15, 0.2) is 0 Å². The first-order chi connectivity index (χ1) is 16.1. The van der Waals surface area contributed by atoms with Crippen LogP contribution in [0.5, 0.6) is 11.5 Å². The van der Waals surface area contributed by atoms with Gasteiger partial charge in [-0.1, -0.05) is 47.6 Å². The maximum absolute atomic E-state index is 14.1. The van der Waals surface area contributed by atoms with E-state index in [1.165, 1.54) is 12.1 Å². The first kappa shape index (κ1) is 31.4. The fraction of sp³-hybridized carbons (Fsp3) is 0.552. The Morgan fingerprint density at radius 2 is 1.59 bits per heavy atom. The highest BCUT2D eigenvalue weighted by Gasteiger charge is 2.32. The Morgan fingerprint density at radius 1 is 1.00 bits per heavy atom. The second-order valence-corrected chi connectivity index (χ2v) is 8.21. The Bertz CT molecular complexity index is 932. The van der Waals surface area contributed by atoms with Gasteiger partial charge < -0.3 is 14.6 Å². The molecular weight excluding hydrogens is 431 g/mol. The molecule has 0 fully saturated rings. The van der Waals surface area contributed by atoms with Crippen LogP contribution in [0.2, 0.25) is 0 Å². The first-order valence-electron chi connectivity index (χ1n) is 12.5. The number of halogens is 1. The Hall–Kier alpha value is -2.56. The van der Waals surface area contributed by atoms with Gasteiger partial charge >= 0.3 is 5.97 Å². The smallest absolute Gasteiger partial charge is 0.303 e. The van der Waals surface area contributed by atoms with E-state index in [2.05, 4.69) is 0 Å². The van der Waals surface area contributed by atoms with Crippen LogP contribution in [0, 0.1) is 26.6 Å². The molecule has 0 amide bonds. The zero-order valence-corrected chi connectivity index (χ0v) is 23.1. The summed E-state index contributed by atoms with van der Waals surface area (Å²) in [7, 11) is 0. The lowest BCUT2D eigenvalue weighted by atomic mass is 9.95. The van der Waals surface area contributed by atoms with Crippen molar-refractivity contribution in [3.05, 3.63) is 57.4 Å². The fourth-order valence-corrected chi connectivity index (χ4v) is 3.87. The van der Waals surface area contributed by atoms with Gasteiger partial charge in [0.1, 0.15) is 29.5 Å². The van der Waals surface area contributed by atoms with E-state index in [0.717, 1.165) is 39.3 Å². The highest BCUT2D eigenvalue weighted by atomic mass is 19.1. The summed E-state index contributed by atoms with van der Waals surface area (Å²) in [6.45, 7) is 22.1. The number of hydrogen-bond donors (Lipinski definition) is 1. The molecule has 1 heterocycles. The highest BCUT2D eigenvalue weighted by Crippen LogP contribution is 2.39. The molecule has 3 rings (SSSR count). The van der Waals surface area contributed by atoms with E-state index in [1.807, 2.05) is 82.2 Å². The third-order valence-electron chi connectivity index (χ3n) is 5.32. The summed E-state index contributed by atoms with van der Waals surface area (Å²) >= 11 is 0. The lowest BCUT2D eigenvalue weighted by molar-refractivity contribution is -0.136. The number of fused-ring (bicyclic) bond motifs is 1. The lowest BCUT2D eigenvalue weighted by Gasteiger charge is -2.20. The summed E-state index contributed by atoms with van der Waals surface area (Å²) in [5.74, 6) is 0.383. The SMILES string of the molecule is CC.CC.CC.Cc1cc(CCC(=O)O)c(C)c(C)c1OCc1cc(F)cc2c1OC(C)(C)C2. The van der Waals surface area contributed by atoms with Crippen LogP contribution in [0.1, 0.15) is 95.2 Å². The van der Waals surface area contributed by atoms with Gasteiger partial charge in [-0.3, -0.25) is 4.79 Å². The predicted molar refractivity (Wildman–Crippen MR) is 140 cm³/mol. The first-order valence-corrected chi connectivity index (χ1v) is 12.5. The van der Waals surface area contributed by atoms with Crippen LogP contribution >= 0.6 is 0 Å². The topological polar surface area (TPSA) is 55.8 Å². The quantitative estimate of drug-likeness (QED) is 0.457. The molecule has 0 bridgehead atoms. The fourth-order valence-electron chi connectivity index (χ4n) is 3.87. The molecule has 0 atom stereocenters. The van der Waals surface area contributed by atoms with Gasteiger partial charge in [-0.25, -0.2) is 4.39 Å². The summed E-state index contributed by atoms with van der Waals surface area (Å²) in [6.07, 6.45) is 1.26. The summed E-state index contributed by atoms with van der Waals surface area (Å²) < 4.78 is 26.2. The van der Waals surface area contributed by atoms with Crippen molar-refractivity contribution in [3.8, 4) is 11.5 Å². The number of ether oxygens (including phenoxy) is 2. The number of carboxylic acid groups (broad SMARTS) is 1. The van der Waals surface area contributed by atoms with Crippen LogP contribution < -0.4 is 9.47 Å². The number of hydrogen-bond acceptors (Lipinski definition) is 3. The number of carbonyl (C=O) groups is 1. The molecule has 1 N–H and O–H groups in total. The molecule has 0 saturated carbocycles. The predicted octanol–water partition coefficient (Wildman–Crippen LogP) is 8.14. The van der Waals surface area contributed by atoms with Gasteiger partial charge in [-0.2, -0.15) is 0 Å². The molecule has 2 aromatic carbocycles. The van der Waals surface area contributed by atoms with Crippen molar-refractivity contribution in [2.24, 2.45) is 0 Å². The minimum atomic E-state index is -0.807. The molecule has 0 aliphatic carbocycles. The average Bonchev–Trinajstić information content (AvgIpc) is 3.12. The molecule has 2 aromatic rings. The van der Waals surface area contributed by atoms with Gasteiger partial charge in [0.25, 0.3) is 0 Å². The Balaban J connectivity index is 0.00000168. The normalized spacial score (nSPS) is 12.5. The van der Waals surface area contributed by atoms with Gasteiger partial charge in [0.2, 0.25) is 0 Å². The van der Waals surface area contributed by atoms with Crippen LogP contribution in [-0.4, -0.2) is 16.7 Å². The summed E-state index contributed by atoms with van der Waals surface area (Å²) in [4.78, 5) is 10.9. The van der Waals surface area contributed by atoms with Gasteiger partial charge in [0.05, 0.1) is 0 Å². The molecule has 0 saturated heterocycles. The number of rotatable bonds is 6. The van der Waals surface area contributed by atoms with Gasteiger partial charge in [-0.15, -0.1) is 0 Å². The second-order valence-electron chi connectivity index (χ2n) is 8.21. The molecule has 4 nitrogen and oxygen atoms in total. The van der Waals surface area contributed by atoms with Crippen LogP contribution in [0.15, 0.2) is 18.2 Å². The van der Waals surface area contributed by atoms with E-state index in [9.17, 15) is 9.18 Å². The molecule has 34 heavy (non-hydrogen) atoms. The van der Waals surface area contributed by atoms with Crippen molar-refractivity contribution in [1.82, 2.24) is 0 Å². The van der Waals surface area contributed by atoms with Crippen molar-refractivity contribution < 1.29 is 23.8 Å². The average molecular weight is 477 g/mol. The molecule has 0 radical (unpaired) electrons. The molecule has 1 aliphatic heterocycles. The standard InChI is InChI=1S/C23H27FO4.3C2H6/c1-13-8-16(6-7-20(25)26)14(2)15(3)21(13)27-12-18-10-19(24)9-17-11-23(4,5)28-22(17)18;3*1-2/h8-10H,6-7,11-12H2,1-5H3,(H,25,26);3*1-2H3. The number of aliphatic carboxylic acids is 1. The zero-order valence-electron chi connectivity index (χ0n) is 23.1. The molecule has 192 valence electrons. The lowest BCUT2D eigenvalue weighted by Crippen LogP contribution is -2.25. The Labute approximate surface area is 206 Å². The molecule has 0 spiro atoms. The minimum absolute atomic E-state index is 0.0997.